The third-order valence-corrected chi connectivity index (χ3v) is 3.62. The Morgan fingerprint density at radius 2 is 1.91 bits per heavy atom. The first-order valence-corrected chi connectivity index (χ1v) is 8.56. The topological polar surface area (TPSA) is 148 Å². The second kappa shape index (κ2) is 12.2. The van der Waals surface area contributed by atoms with Gasteiger partial charge in [0, 0.05) is 0 Å². The third kappa shape index (κ3) is 9.59. The van der Waals surface area contributed by atoms with Gasteiger partial charge in [-0.05, 0) is 44.2 Å². The summed E-state index contributed by atoms with van der Waals surface area (Å²) in [5, 5.41) is 13.8. The lowest BCUT2D eigenvalue weighted by Gasteiger charge is -2.15. The number of unbranched alkanes of at least 4 members (excludes halogenated alkanes) is 1. The van der Waals surface area contributed by atoms with Crippen LogP contribution < -0.4 is 22.1 Å². The molecule has 2 atom stereocenters. The Kier molecular flexibility index (Phi) is 11.5. The summed E-state index contributed by atoms with van der Waals surface area (Å²) in [6, 6.07) is -1.64. The number of hydrogen-bond acceptors (Lipinski definition) is 6. The van der Waals surface area contributed by atoms with Crippen molar-refractivity contribution in [2.45, 2.75) is 37.8 Å². The third-order valence-electron chi connectivity index (χ3n) is 2.97. The van der Waals surface area contributed by atoms with E-state index in [0.717, 1.165) is 5.75 Å². The van der Waals surface area contributed by atoms with E-state index < -0.39 is 29.9 Å². The number of aliphatic carboxylic acids is 1. The second-order valence-corrected chi connectivity index (χ2v) is 5.83. The van der Waals surface area contributed by atoms with Gasteiger partial charge < -0.3 is 27.2 Å². The number of rotatable bonds is 12. The molecule has 2 amide bonds. The van der Waals surface area contributed by atoms with Gasteiger partial charge in [-0.2, -0.15) is 11.8 Å². The van der Waals surface area contributed by atoms with Gasteiger partial charge in [0.25, 0.3) is 0 Å². The van der Waals surface area contributed by atoms with Gasteiger partial charge in [0.2, 0.25) is 11.8 Å². The predicted molar refractivity (Wildman–Crippen MR) is 86.5 cm³/mol. The molecule has 0 aliphatic carbocycles. The maximum atomic E-state index is 11.7. The smallest absolute Gasteiger partial charge is 0.326 e. The van der Waals surface area contributed by atoms with Gasteiger partial charge in [-0.1, -0.05) is 0 Å². The van der Waals surface area contributed by atoms with E-state index in [1.165, 1.54) is 0 Å². The molecule has 0 saturated heterocycles. The lowest BCUT2D eigenvalue weighted by Crippen LogP contribution is -2.48. The van der Waals surface area contributed by atoms with Gasteiger partial charge in [-0.15, -0.1) is 0 Å². The van der Waals surface area contributed by atoms with E-state index in [-0.39, 0.29) is 6.54 Å². The number of thioether (sulfide) groups is 1. The Morgan fingerprint density at radius 3 is 2.45 bits per heavy atom. The minimum atomic E-state index is -1.10. The molecule has 0 heterocycles. The molecule has 0 aliphatic rings. The van der Waals surface area contributed by atoms with E-state index in [2.05, 4.69) is 10.6 Å². The van der Waals surface area contributed by atoms with Crippen LogP contribution in [0.25, 0.3) is 0 Å². The summed E-state index contributed by atoms with van der Waals surface area (Å²) >= 11 is 1.58. The van der Waals surface area contributed by atoms with Crippen LogP contribution in [0.3, 0.4) is 0 Å². The van der Waals surface area contributed by atoms with Crippen molar-refractivity contribution in [1.29, 1.82) is 0 Å². The second-order valence-electron chi connectivity index (χ2n) is 4.85. The molecule has 8 nitrogen and oxygen atoms in total. The number of carboxylic acids is 1. The average Bonchev–Trinajstić information content (AvgIpc) is 2.49. The van der Waals surface area contributed by atoms with E-state index in [1.54, 1.807) is 11.8 Å². The quantitative estimate of drug-likeness (QED) is 0.284. The molecule has 0 fully saturated rings. The first-order chi connectivity index (χ1) is 10.4. The van der Waals surface area contributed by atoms with E-state index in [1.807, 2.05) is 6.26 Å². The molecule has 128 valence electrons. The maximum Gasteiger partial charge on any atom is 0.326 e. The molecule has 0 aromatic rings. The van der Waals surface area contributed by atoms with Crippen molar-refractivity contribution in [2.75, 3.05) is 25.1 Å². The van der Waals surface area contributed by atoms with Gasteiger partial charge in [-0.3, -0.25) is 9.59 Å². The van der Waals surface area contributed by atoms with Crippen LogP contribution in [0.15, 0.2) is 0 Å². The summed E-state index contributed by atoms with van der Waals surface area (Å²) in [6.45, 7) is 0.191. The Balaban J connectivity index is 4.12. The number of carboxylic acid groups (broad SMARTS) is 1. The predicted octanol–water partition coefficient (Wildman–Crippen LogP) is -1.12. The van der Waals surface area contributed by atoms with Gasteiger partial charge in [0.05, 0.1) is 12.6 Å². The van der Waals surface area contributed by atoms with Crippen LogP contribution in [0.4, 0.5) is 0 Å². The summed E-state index contributed by atoms with van der Waals surface area (Å²) in [7, 11) is 0. The summed E-state index contributed by atoms with van der Waals surface area (Å²) in [6.07, 6.45) is 4.04. The molecular formula is C13H26N4O4S. The van der Waals surface area contributed by atoms with Crippen molar-refractivity contribution in [3.05, 3.63) is 0 Å². The molecule has 0 aliphatic heterocycles. The fourth-order valence-corrected chi connectivity index (χ4v) is 2.16. The number of nitrogens with one attached hydrogen (secondary N) is 2. The Labute approximate surface area is 134 Å². The summed E-state index contributed by atoms with van der Waals surface area (Å²) in [4.78, 5) is 34.3. The lowest BCUT2D eigenvalue weighted by molar-refractivity contribution is -0.142. The highest BCUT2D eigenvalue weighted by atomic mass is 32.2. The number of nitrogens with two attached hydrogens (primary N) is 2. The molecule has 0 rings (SSSR count). The number of hydrogen-bond donors (Lipinski definition) is 5. The van der Waals surface area contributed by atoms with E-state index in [9.17, 15) is 14.4 Å². The van der Waals surface area contributed by atoms with Crippen molar-refractivity contribution in [3.8, 4) is 0 Å². The van der Waals surface area contributed by atoms with Gasteiger partial charge in [0.1, 0.15) is 6.04 Å². The molecule has 0 aromatic carbocycles. The van der Waals surface area contributed by atoms with Gasteiger partial charge >= 0.3 is 5.97 Å². The van der Waals surface area contributed by atoms with E-state index >= 15 is 0 Å². The lowest BCUT2D eigenvalue weighted by atomic mass is 10.1. The highest BCUT2D eigenvalue weighted by Crippen LogP contribution is 2.01. The van der Waals surface area contributed by atoms with Crippen molar-refractivity contribution in [3.63, 3.8) is 0 Å². The zero-order valence-electron chi connectivity index (χ0n) is 12.8. The molecule has 22 heavy (non-hydrogen) atoms. The monoisotopic (exact) mass is 334 g/mol. The minimum absolute atomic E-state index is 0.285. The summed E-state index contributed by atoms with van der Waals surface area (Å²) in [5.41, 5.74) is 11.0. The van der Waals surface area contributed by atoms with Crippen LogP contribution in [-0.2, 0) is 14.4 Å². The summed E-state index contributed by atoms with van der Waals surface area (Å²) in [5.74, 6) is -1.32. The van der Waals surface area contributed by atoms with E-state index in [4.69, 9.17) is 16.6 Å². The number of carbonyl (C=O) groups is 3. The van der Waals surface area contributed by atoms with Crippen LogP contribution in [0.2, 0.25) is 0 Å². The van der Waals surface area contributed by atoms with Crippen molar-refractivity contribution >= 4 is 29.5 Å². The van der Waals surface area contributed by atoms with Crippen LogP contribution in [0.1, 0.15) is 25.7 Å². The Morgan fingerprint density at radius 1 is 1.23 bits per heavy atom. The van der Waals surface area contributed by atoms with Crippen molar-refractivity contribution < 1.29 is 19.5 Å². The molecule has 7 N–H and O–H groups in total. The zero-order chi connectivity index (χ0) is 17.0. The molecule has 0 saturated carbocycles. The van der Waals surface area contributed by atoms with Gasteiger partial charge in [-0.25, -0.2) is 4.79 Å². The number of carbonyl (C=O) groups excluding carboxylic acids is 2. The van der Waals surface area contributed by atoms with E-state index in [0.29, 0.717) is 32.2 Å². The normalized spacial score (nSPS) is 13.2. The molecule has 0 unspecified atom stereocenters. The highest BCUT2D eigenvalue weighted by molar-refractivity contribution is 7.98. The molecular weight excluding hydrogens is 308 g/mol. The average molecular weight is 334 g/mol. The standard InChI is InChI=1S/C13H26N4O4S/c1-22-7-5-9(15)12(19)16-8-11(18)17-10(13(20)21)4-2-3-6-14/h9-10H,2-8,14-15H2,1H3,(H,16,19)(H,17,18)(H,20,21)/t9-,10-/m0/s1. The Bertz CT molecular complexity index is 368. The van der Waals surface area contributed by atoms with Crippen LogP contribution >= 0.6 is 11.8 Å². The summed E-state index contributed by atoms with van der Waals surface area (Å²) < 4.78 is 0. The fraction of sp³-hybridized carbons (Fsp3) is 0.769. The van der Waals surface area contributed by atoms with Crippen LogP contribution in [0, 0.1) is 0 Å². The van der Waals surface area contributed by atoms with Crippen LogP contribution in [0.5, 0.6) is 0 Å². The molecule has 9 heteroatoms. The molecule has 0 spiro atoms. The fourth-order valence-electron chi connectivity index (χ4n) is 1.67. The van der Waals surface area contributed by atoms with Crippen molar-refractivity contribution in [1.82, 2.24) is 10.6 Å². The first-order valence-electron chi connectivity index (χ1n) is 7.16. The first kappa shape index (κ1) is 20.7. The van der Waals surface area contributed by atoms with Crippen LogP contribution in [-0.4, -0.2) is 60.1 Å². The SMILES string of the molecule is CSCC[C@H](N)C(=O)NCC(=O)N[C@@H](CCCCN)C(=O)O. The molecule has 0 radical (unpaired) electrons. The molecule has 0 aromatic heterocycles. The van der Waals surface area contributed by atoms with Crippen molar-refractivity contribution in [2.24, 2.45) is 11.5 Å². The largest absolute Gasteiger partial charge is 0.480 e. The minimum Gasteiger partial charge on any atom is -0.480 e. The maximum absolute atomic E-state index is 11.7. The Hall–Kier alpha value is -1.32. The number of amides is 2. The molecule has 0 bridgehead atoms. The van der Waals surface area contributed by atoms with Gasteiger partial charge in [0.15, 0.2) is 0 Å². The zero-order valence-corrected chi connectivity index (χ0v) is 13.7. The highest BCUT2D eigenvalue weighted by Gasteiger charge is 2.20.